The Balaban J connectivity index is 2.72. The first kappa shape index (κ1) is 16.1. The summed E-state index contributed by atoms with van der Waals surface area (Å²) in [6.45, 7) is 5.19. The highest BCUT2D eigenvalue weighted by Gasteiger charge is 2.05. The van der Waals surface area contributed by atoms with Gasteiger partial charge in [-0.05, 0) is 36.6 Å². The van der Waals surface area contributed by atoms with E-state index in [1.54, 1.807) is 0 Å². The fourth-order valence-corrected chi connectivity index (χ4v) is 1.78. The van der Waals surface area contributed by atoms with Crippen molar-refractivity contribution in [1.29, 1.82) is 0 Å². The normalized spacial score (nSPS) is 9.55. The molecule has 4 heteroatoms. The minimum atomic E-state index is -0.158. The number of benzene rings is 1. The summed E-state index contributed by atoms with van der Waals surface area (Å²) in [6.07, 6.45) is 2.89. The van der Waals surface area contributed by atoms with Gasteiger partial charge >= 0.3 is 6.03 Å². The van der Waals surface area contributed by atoms with Crippen molar-refractivity contribution in [2.75, 3.05) is 18.4 Å². The molecule has 0 saturated heterocycles. The predicted molar refractivity (Wildman–Crippen MR) is 83.7 cm³/mol. The molecule has 0 saturated carbocycles. The van der Waals surface area contributed by atoms with E-state index in [-0.39, 0.29) is 6.03 Å². The van der Waals surface area contributed by atoms with E-state index >= 15 is 0 Å². The number of carbonyl (C=O) groups is 1. The zero-order chi connectivity index (χ0) is 14.8. The van der Waals surface area contributed by atoms with Crippen LogP contribution in [0, 0.1) is 11.8 Å². The lowest BCUT2D eigenvalue weighted by molar-refractivity contribution is 0.252. The third-order valence-corrected chi connectivity index (χ3v) is 2.89. The van der Waals surface area contributed by atoms with E-state index < -0.39 is 0 Å². The topological polar surface area (TPSA) is 67.2 Å². The maximum absolute atomic E-state index is 11.7. The second-order valence-corrected chi connectivity index (χ2v) is 4.47. The fourth-order valence-electron chi connectivity index (χ4n) is 1.78. The van der Waals surface area contributed by atoms with Crippen LogP contribution in [0.15, 0.2) is 18.2 Å². The van der Waals surface area contributed by atoms with Crippen molar-refractivity contribution in [3.63, 3.8) is 0 Å². The molecule has 0 aromatic heterocycles. The van der Waals surface area contributed by atoms with Crippen LogP contribution in [-0.2, 0) is 6.42 Å². The van der Waals surface area contributed by atoms with Gasteiger partial charge in [0.2, 0.25) is 0 Å². The Kier molecular flexibility index (Phi) is 7.23. The molecule has 2 amide bonds. The van der Waals surface area contributed by atoms with Gasteiger partial charge < -0.3 is 16.4 Å². The van der Waals surface area contributed by atoms with Crippen molar-refractivity contribution in [2.24, 2.45) is 5.73 Å². The molecule has 0 fully saturated rings. The zero-order valence-electron chi connectivity index (χ0n) is 12.3. The molecular formula is C16H23N3O. The van der Waals surface area contributed by atoms with Gasteiger partial charge in [-0.15, -0.1) is 0 Å². The molecule has 0 spiro atoms. The minimum Gasteiger partial charge on any atom is -0.338 e. The lowest BCUT2D eigenvalue weighted by atomic mass is 10.1. The first-order chi connectivity index (χ1) is 9.71. The second kappa shape index (κ2) is 9.00. The van der Waals surface area contributed by atoms with E-state index in [4.69, 9.17) is 5.73 Å². The van der Waals surface area contributed by atoms with Crippen LogP contribution in [0.3, 0.4) is 0 Å². The van der Waals surface area contributed by atoms with Crippen LogP contribution < -0.4 is 16.4 Å². The Morgan fingerprint density at radius 2 is 2.15 bits per heavy atom. The summed E-state index contributed by atoms with van der Waals surface area (Å²) in [5, 5.41) is 5.72. The second-order valence-electron chi connectivity index (χ2n) is 4.47. The molecule has 0 aliphatic carbocycles. The van der Waals surface area contributed by atoms with Gasteiger partial charge in [0.15, 0.2) is 0 Å². The van der Waals surface area contributed by atoms with Gasteiger partial charge in [-0.2, -0.15) is 0 Å². The first-order valence-corrected chi connectivity index (χ1v) is 7.08. The number of aryl methyl sites for hydroxylation is 1. The van der Waals surface area contributed by atoms with Crippen LogP contribution in [0.5, 0.6) is 0 Å². The summed E-state index contributed by atoms with van der Waals surface area (Å²) in [6, 6.07) is 5.61. The summed E-state index contributed by atoms with van der Waals surface area (Å²) in [4.78, 5) is 11.7. The SMILES string of the molecule is CCCCNC(=O)Nc1ccc(C#CCN)cc1CC. The Bertz CT molecular complexity index is 500. The van der Waals surface area contributed by atoms with Crippen molar-refractivity contribution in [3.05, 3.63) is 29.3 Å². The average molecular weight is 273 g/mol. The van der Waals surface area contributed by atoms with Crippen molar-refractivity contribution in [1.82, 2.24) is 5.32 Å². The Morgan fingerprint density at radius 3 is 2.80 bits per heavy atom. The Labute approximate surface area is 121 Å². The van der Waals surface area contributed by atoms with E-state index in [1.807, 2.05) is 18.2 Å². The van der Waals surface area contributed by atoms with Crippen molar-refractivity contribution in [2.45, 2.75) is 33.1 Å². The van der Waals surface area contributed by atoms with Crippen LogP contribution in [0.25, 0.3) is 0 Å². The van der Waals surface area contributed by atoms with Gasteiger partial charge in [0.05, 0.1) is 6.54 Å². The smallest absolute Gasteiger partial charge is 0.319 e. The minimum absolute atomic E-state index is 0.158. The molecule has 1 rings (SSSR count). The monoisotopic (exact) mass is 273 g/mol. The third-order valence-electron chi connectivity index (χ3n) is 2.89. The quantitative estimate of drug-likeness (QED) is 0.570. The lowest BCUT2D eigenvalue weighted by Crippen LogP contribution is -2.29. The first-order valence-electron chi connectivity index (χ1n) is 7.08. The molecule has 1 aromatic carbocycles. The van der Waals surface area contributed by atoms with Crippen molar-refractivity contribution < 1.29 is 4.79 Å². The summed E-state index contributed by atoms with van der Waals surface area (Å²) in [7, 11) is 0. The third kappa shape index (κ3) is 5.33. The molecule has 0 unspecified atom stereocenters. The molecule has 0 aliphatic heterocycles. The van der Waals surface area contributed by atoms with Crippen molar-refractivity contribution in [3.8, 4) is 11.8 Å². The van der Waals surface area contributed by atoms with Crippen LogP contribution >= 0.6 is 0 Å². The molecule has 0 radical (unpaired) electrons. The summed E-state index contributed by atoms with van der Waals surface area (Å²) < 4.78 is 0. The summed E-state index contributed by atoms with van der Waals surface area (Å²) >= 11 is 0. The van der Waals surface area contributed by atoms with E-state index in [1.165, 1.54) is 0 Å². The highest BCUT2D eigenvalue weighted by molar-refractivity contribution is 5.90. The summed E-state index contributed by atoms with van der Waals surface area (Å²) in [5.41, 5.74) is 8.18. The van der Waals surface area contributed by atoms with Gasteiger partial charge in [-0.25, -0.2) is 4.79 Å². The van der Waals surface area contributed by atoms with Gasteiger partial charge in [0.1, 0.15) is 0 Å². The highest BCUT2D eigenvalue weighted by atomic mass is 16.2. The number of hydrogen-bond donors (Lipinski definition) is 3. The van der Waals surface area contributed by atoms with E-state index in [0.29, 0.717) is 13.1 Å². The molecule has 4 nitrogen and oxygen atoms in total. The lowest BCUT2D eigenvalue weighted by Gasteiger charge is -2.11. The molecule has 4 N–H and O–H groups in total. The Hall–Kier alpha value is -1.99. The van der Waals surface area contributed by atoms with Gasteiger partial charge in [0.25, 0.3) is 0 Å². The number of amides is 2. The number of nitrogens with two attached hydrogens (primary N) is 1. The number of unbranched alkanes of at least 4 members (excludes halogenated alkanes) is 1. The number of urea groups is 1. The van der Waals surface area contributed by atoms with Gasteiger partial charge in [-0.3, -0.25) is 0 Å². The maximum atomic E-state index is 11.7. The molecule has 0 atom stereocenters. The van der Waals surface area contributed by atoms with Crippen molar-refractivity contribution >= 4 is 11.7 Å². The predicted octanol–water partition coefficient (Wildman–Crippen LogP) is 2.48. The number of hydrogen-bond acceptors (Lipinski definition) is 2. The molecule has 0 aliphatic rings. The molecule has 0 bridgehead atoms. The van der Waals surface area contributed by atoms with E-state index in [0.717, 1.165) is 36.1 Å². The van der Waals surface area contributed by atoms with Crippen LogP contribution in [0.1, 0.15) is 37.8 Å². The van der Waals surface area contributed by atoms with Gasteiger partial charge in [-0.1, -0.05) is 32.1 Å². The van der Waals surface area contributed by atoms with E-state index in [2.05, 4.69) is 36.3 Å². The number of rotatable bonds is 5. The number of anilines is 1. The molecule has 0 heterocycles. The number of nitrogens with one attached hydrogen (secondary N) is 2. The fraction of sp³-hybridized carbons (Fsp3) is 0.438. The highest BCUT2D eigenvalue weighted by Crippen LogP contribution is 2.17. The summed E-state index contributed by atoms with van der Waals surface area (Å²) in [5.74, 6) is 5.83. The molecule has 108 valence electrons. The van der Waals surface area contributed by atoms with E-state index in [9.17, 15) is 4.79 Å². The molecular weight excluding hydrogens is 250 g/mol. The molecule has 20 heavy (non-hydrogen) atoms. The standard InChI is InChI=1S/C16H23N3O/c1-3-5-11-18-16(20)19-15-9-8-13(7-6-10-17)12-14(15)4-2/h8-9,12H,3-5,10-11,17H2,1-2H3,(H2,18,19,20). The average Bonchev–Trinajstić information content (AvgIpc) is 2.46. The van der Waals surface area contributed by atoms with Crippen LogP contribution in [-0.4, -0.2) is 19.1 Å². The Morgan fingerprint density at radius 1 is 1.35 bits per heavy atom. The maximum Gasteiger partial charge on any atom is 0.319 e. The largest absolute Gasteiger partial charge is 0.338 e. The van der Waals surface area contributed by atoms with Crippen LogP contribution in [0.4, 0.5) is 10.5 Å². The zero-order valence-corrected chi connectivity index (χ0v) is 12.3. The number of carbonyl (C=O) groups excluding carboxylic acids is 1. The van der Waals surface area contributed by atoms with Gasteiger partial charge in [0, 0.05) is 17.8 Å². The van der Waals surface area contributed by atoms with Crippen LogP contribution in [0.2, 0.25) is 0 Å². The molecule has 1 aromatic rings.